The molecule has 3 amide bonds. The van der Waals surface area contributed by atoms with Crippen LogP contribution in [0.4, 0.5) is 20.6 Å². The van der Waals surface area contributed by atoms with Gasteiger partial charge in [-0.25, -0.2) is 9.18 Å². The highest BCUT2D eigenvalue weighted by Gasteiger charge is 2.20. The van der Waals surface area contributed by atoms with Crippen LogP contribution >= 0.6 is 0 Å². The monoisotopic (exact) mass is 490 g/mol. The number of aryl methyl sites for hydroxylation is 2. The maximum Gasteiger partial charge on any atom is 0.412 e. The second-order valence-corrected chi connectivity index (χ2v) is 9.80. The Morgan fingerprint density at radius 2 is 1.51 bits per heavy atom. The van der Waals surface area contributed by atoms with Crippen LogP contribution in [0.15, 0.2) is 24.5 Å². The summed E-state index contributed by atoms with van der Waals surface area (Å²) in [6.45, 7) is 7.82. The van der Waals surface area contributed by atoms with E-state index >= 15 is 0 Å². The van der Waals surface area contributed by atoms with Crippen molar-refractivity contribution >= 4 is 29.3 Å². The maximum atomic E-state index is 13.2. The molecule has 3 N–H and O–H groups in total. The van der Waals surface area contributed by atoms with Crippen molar-refractivity contribution in [3.63, 3.8) is 0 Å². The zero-order chi connectivity index (χ0) is 25.8. The van der Waals surface area contributed by atoms with E-state index in [1.54, 1.807) is 68.5 Å². The predicted molar refractivity (Wildman–Crippen MR) is 132 cm³/mol. The van der Waals surface area contributed by atoms with E-state index in [1.807, 2.05) is 0 Å². The Kier molecular flexibility index (Phi) is 8.21. The van der Waals surface area contributed by atoms with Crippen LogP contribution in [0, 0.1) is 0 Å². The highest BCUT2D eigenvalue weighted by atomic mass is 19.1. The van der Waals surface area contributed by atoms with E-state index in [0.717, 1.165) is 0 Å². The Balaban J connectivity index is 1.54. The molecule has 0 bridgehead atoms. The highest BCUT2D eigenvalue weighted by molar-refractivity contribution is 6.05. The Hall–Kier alpha value is -3.34. The van der Waals surface area contributed by atoms with E-state index in [9.17, 15) is 18.8 Å². The quantitative estimate of drug-likeness (QED) is 0.553. The van der Waals surface area contributed by atoms with Gasteiger partial charge in [0.05, 0.1) is 11.4 Å². The molecule has 0 unspecified atom stereocenters. The molecule has 1 fully saturated rings. The van der Waals surface area contributed by atoms with Crippen molar-refractivity contribution in [2.24, 2.45) is 14.1 Å². The summed E-state index contributed by atoms with van der Waals surface area (Å²) in [5, 5.41) is 8.27. The van der Waals surface area contributed by atoms with Gasteiger partial charge in [-0.3, -0.25) is 14.9 Å². The number of rotatable bonds is 7. The molecular formula is C24H35FN6O4. The number of piperidine rings is 1. The third-order valence-electron chi connectivity index (χ3n) is 5.61. The van der Waals surface area contributed by atoms with Gasteiger partial charge in [-0.1, -0.05) is 0 Å². The van der Waals surface area contributed by atoms with Gasteiger partial charge in [0.25, 0.3) is 11.8 Å². The van der Waals surface area contributed by atoms with Gasteiger partial charge in [0.15, 0.2) is 0 Å². The van der Waals surface area contributed by atoms with Gasteiger partial charge in [-0.2, -0.15) is 0 Å². The summed E-state index contributed by atoms with van der Waals surface area (Å²) >= 11 is 0. The standard InChI is InChI=1S/C24H35FN6O4/c1-24(2,3)35-23(34)28-18-13-20(30(5)15-18)22(33)27-17-12-19(29(4)14-17)21(32)26-8-11-31-9-6-16(25)7-10-31/h12-16H,6-11H2,1-5H3,(H,26,32)(H,27,33)(H,28,34). The van der Waals surface area contributed by atoms with E-state index in [2.05, 4.69) is 20.9 Å². The van der Waals surface area contributed by atoms with Crippen molar-refractivity contribution in [1.82, 2.24) is 19.4 Å². The number of nitrogens with one attached hydrogen (secondary N) is 3. The SMILES string of the molecule is Cn1cc(NC(=O)c2cc(NC(=O)OC(C)(C)C)cn2C)cc1C(=O)NCCN1CCC(F)CC1. The normalized spacial score (nSPS) is 15.0. The maximum absolute atomic E-state index is 13.2. The van der Waals surface area contributed by atoms with Crippen molar-refractivity contribution in [2.75, 3.05) is 36.8 Å². The van der Waals surface area contributed by atoms with Crippen LogP contribution in [0.25, 0.3) is 0 Å². The lowest BCUT2D eigenvalue weighted by atomic mass is 10.1. The lowest BCUT2D eigenvalue weighted by Gasteiger charge is -2.28. The van der Waals surface area contributed by atoms with E-state index < -0.39 is 23.8 Å². The summed E-state index contributed by atoms with van der Waals surface area (Å²) in [5.74, 6) is -0.644. The third kappa shape index (κ3) is 7.57. The molecule has 0 aromatic carbocycles. The van der Waals surface area contributed by atoms with Crippen LogP contribution in [0.2, 0.25) is 0 Å². The zero-order valence-corrected chi connectivity index (χ0v) is 21.0. The average Bonchev–Trinajstić information content (AvgIpc) is 3.29. The number of hydrogen-bond donors (Lipinski definition) is 3. The molecule has 0 radical (unpaired) electrons. The number of alkyl halides is 1. The van der Waals surface area contributed by atoms with Crippen molar-refractivity contribution < 1.29 is 23.5 Å². The molecule has 35 heavy (non-hydrogen) atoms. The fourth-order valence-electron chi connectivity index (χ4n) is 3.88. The number of aromatic nitrogens is 2. The Morgan fingerprint density at radius 1 is 0.971 bits per heavy atom. The van der Waals surface area contributed by atoms with Crippen LogP contribution in [-0.4, -0.2) is 69.9 Å². The first kappa shape index (κ1) is 26.3. The lowest BCUT2D eigenvalue weighted by molar-refractivity contribution is 0.0635. The second kappa shape index (κ2) is 10.9. The van der Waals surface area contributed by atoms with Gasteiger partial charge in [0, 0.05) is 52.7 Å². The number of hydrogen-bond acceptors (Lipinski definition) is 5. The number of halogens is 1. The Bertz CT molecular complexity index is 1060. The van der Waals surface area contributed by atoms with Gasteiger partial charge in [0.2, 0.25) is 0 Å². The molecule has 0 aliphatic carbocycles. The topological polar surface area (TPSA) is 110 Å². The van der Waals surface area contributed by atoms with E-state index in [-0.39, 0.29) is 5.91 Å². The molecule has 192 valence electrons. The Labute approximate surface area is 204 Å². The molecule has 0 saturated carbocycles. The summed E-state index contributed by atoms with van der Waals surface area (Å²) in [4.78, 5) is 39.5. The van der Waals surface area contributed by atoms with Crippen LogP contribution in [0.5, 0.6) is 0 Å². The predicted octanol–water partition coefficient (Wildman–Crippen LogP) is 3.13. The van der Waals surface area contributed by atoms with Crippen LogP contribution in [0.3, 0.4) is 0 Å². The number of anilines is 2. The summed E-state index contributed by atoms with van der Waals surface area (Å²) in [7, 11) is 3.41. The number of likely N-dealkylation sites (tertiary alicyclic amines) is 1. The molecule has 1 aliphatic heterocycles. The average molecular weight is 491 g/mol. The molecule has 11 heteroatoms. The highest BCUT2D eigenvalue weighted by Crippen LogP contribution is 2.19. The zero-order valence-electron chi connectivity index (χ0n) is 21.0. The van der Waals surface area contributed by atoms with Crippen LogP contribution < -0.4 is 16.0 Å². The minimum absolute atomic E-state index is 0.254. The molecule has 2 aromatic rings. The summed E-state index contributed by atoms with van der Waals surface area (Å²) in [6.07, 6.45) is 3.01. The van der Waals surface area contributed by atoms with Crippen molar-refractivity contribution in [3.8, 4) is 0 Å². The van der Waals surface area contributed by atoms with Crippen molar-refractivity contribution in [2.45, 2.75) is 45.4 Å². The number of carbonyl (C=O) groups excluding carboxylic acids is 3. The first-order valence-electron chi connectivity index (χ1n) is 11.7. The first-order chi connectivity index (χ1) is 16.4. The summed E-state index contributed by atoms with van der Waals surface area (Å²) < 4.78 is 21.7. The number of carbonyl (C=O) groups is 3. The van der Waals surface area contributed by atoms with Gasteiger partial charge in [-0.05, 0) is 45.7 Å². The van der Waals surface area contributed by atoms with Gasteiger partial charge >= 0.3 is 6.09 Å². The molecule has 1 saturated heterocycles. The van der Waals surface area contributed by atoms with Crippen LogP contribution in [-0.2, 0) is 18.8 Å². The minimum Gasteiger partial charge on any atom is -0.444 e. The van der Waals surface area contributed by atoms with Crippen molar-refractivity contribution in [3.05, 3.63) is 35.9 Å². The van der Waals surface area contributed by atoms with Crippen LogP contribution in [0.1, 0.15) is 54.6 Å². The third-order valence-corrected chi connectivity index (χ3v) is 5.61. The summed E-state index contributed by atoms with van der Waals surface area (Å²) in [5.41, 5.74) is 0.985. The number of amides is 3. The van der Waals surface area contributed by atoms with Crippen molar-refractivity contribution in [1.29, 1.82) is 0 Å². The molecule has 3 heterocycles. The minimum atomic E-state index is -0.721. The number of ether oxygens (including phenoxy) is 1. The molecular weight excluding hydrogens is 455 g/mol. The molecule has 1 aliphatic rings. The fraction of sp³-hybridized carbons (Fsp3) is 0.542. The fourth-order valence-corrected chi connectivity index (χ4v) is 3.88. The molecule has 2 aromatic heterocycles. The molecule has 3 rings (SSSR count). The van der Waals surface area contributed by atoms with E-state index in [4.69, 9.17) is 4.74 Å². The smallest absolute Gasteiger partial charge is 0.412 e. The first-order valence-corrected chi connectivity index (χ1v) is 11.7. The van der Waals surface area contributed by atoms with E-state index in [1.165, 1.54) is 0 Å². The van der Waals surface area contributed by atoms with E-state index in [0.29, 0.717) is 61.8 Å². The van der Waals surface area contributed by atoms with Gasteiger partial charge in [0.1, 0.15) is 23.2 Å². The molecule has 10 nitrogen and oxygen atoms in total. The molecule has 0 atom stereocenters. The largest absolute Gasteiger partial charge is 0.444 e. The van der Waals surface area contributed by atoms with Gasteiger partial charge < -0.3 is 29.4 Å². The number of nitrogens with zero attached hydrogens (tertiary/aromatic N) is 3. The summed E-state index contributed by atoms with van der Waals surface area (Å²) in [6, 6.07) is 3.14. The molecule has 0 spiro atoms. The second-order valence-electron chi connectivity index (χ2n) is 9.80. The Morgan fingerprint density at radius 3 is 2.09 bits per heavy atom. The lowest BCUT2D eigenvalue weighted by Crippen LogP contribution is -2.40. The van der Waals surface area contributed by atoms with Gasteiger partial charge in [-0.15, -0.1) is 0 Å².